The van der Waals surface area contributed by atoms with Gasteiger partial charge in [0.05, 0.1) is 35.8 Å². The summed E-state index contributed by atoms with van der Waals surface area (Å²) in [6.45, 7) is 6.00. The molecule has 0 saturated carbocycles. The van der Waals surface area contributed by atoms with Crippen molar-refractivity contribution in [3.05, 3.63) is 96.5 Å². The molecule has 15 heteroatoms. The van der Waals surface area contributed by atoms with Crippen LogP contribution in [0.15, 0.2) is 62.7 Å². The molecule has 0 saturated heterocycles. The number of hydrogen-bond acceptors (Lipinski definition) is 7. The molecule has 256 valence electrons. The van der Waals surface area contributed by atoms with Gasteiger partial charge in [-0.05, 0) is 74.7 Å². The number of amides is 1. The fourth-order valence-corrected chi connectivity index (χ4v) is 5.09. The molecule has 1 N–H and O–H groups in total. The van der Waals surface area contributed by atoms with Crippen molar-refractivity contribution in [3.63, 3.8) is 0 Å². The highest BCUT2D eigenvalue weighted by molar-refractivity contribution is 9.10. The first-order valence-corrected chi connectivity index (χ1v) is 15.5. The molecule has 47 heavy (non-hydrogen) atoms. The lowest BCUT2D eigenvalue weighted by molar-refractivity contribution is -0.143. The van der Waals surface area contributed by atoms with Crippen molar-refractivity contribution in [1.82, 2.24) is 14.5 Å². The number of rotatable bonds is 13. The summed E-state index contributed by atoms with van der Waals surface area (Å²) in [4.78, 5) is 51.1. The van der Waals surface area contributed by atoms with E-state index in [2.05, 4.69) is 21.2 Å². The molecule has 1 aromatic heterocycles. The normalized spacial score (nSPS) is 12.4. The van der Waals surface area contributed by atoms with Gasteiger partial charge in [-0.15, -0.1) is 0 Å². The highest BCUT2D eigenvalue weighted by Crippen LogP contribution is 2.33. The minimum atomic E-state index is -4.89. The number of nitrogens with zero attached hydrogens (tertiary/aromatic N) is 2. The fourth-order valence-electron chi connectivity index (χ4n) is 4.63. The van der Waals surface area contributed by atoms with Gasteiger partial charge in [0.1, 0.15) is 17.2 Å². The van der Waals surface area contributed by atoms with Crippen molar-refractivity contribution in [2.24, 2.45) is 0 Å². The molecule has 0 bridgehead atoms. The van der Waals surface area contributed by atoms with Crippen LogP contribution in [0.3, 0.4) is 0 Å². The van der Waals surface area contributed by atoms with Gasteiger partial charge in [0.2, 0.25) is 0 Å². The SMILES string of the molecule is CCOC(=O)CCCOc1ccccc1[C@H](CCn1c(=O)c(Br)cn(Cc2c(F)cccc2C(F)(F)F)c1=O)NC(=O)OC(C)(C)C. The zero-order valence-electron chi connectivity index (χ0n) is 26.3. The van der Waals surface area contributed by atoms with E-state index < -0.39 is 58.7 Å². The second kappa shape index (κ2) is 16.1. The molecule has 0 fully saturated rings. The largest absolute Gasteiger partial charge is 0.493 e. The Bertz CT molecular complexity index is 1680. The highest BCUT2D eigenvalue weighted by atomic mass is 79.9. The minimum Gasteiger partial charge on any atom is -0.493 e. The van der Waals surface area contributed by atoms with Crippen molar-refractivity contribution in [2.45, 2.75) is 77.9 Å². The number of nitrogens with one attached hydrogen (secondary N) is 1. The summed E-state index contributed by atoms with van der Waals surface area (Å²) in [5.41, 5.74) is -4.17. The molecule has 1 atom stereocenters. The van der Waals surface area contributed by atoms with Crippen molar-refractivity contribution in [3.8, 4) is 5.75 Å². The standard InChI is InChI=1S/C32H36BrF4N3O7/c1-5-45-27(41)14-9-17-46-26-13-7-6-10-20(26)25(38-29(43)47-31(2,3)4)15-16-40-28(42)23(33)19-39(30(40)44)18-21-22(32(35,36)37)11-8-12-24(21)34/h6-8,10-13,19,25H,5,9,14-18H2,1-4H3,(H,38,43)/t25-/m0/s1. The molecule has 3 rings (SSSR count). The zero-order valence-corrected chi connectivity index (χ0v) is 27.9. The first-order chi connectivity index (χ1) is 22.0. The second-order valence-corrected chi connectivity index (χ2v) is 12.2. The number of alkyl halides is 3. The Hall–Kier alpha value is -4.14. The number of benzene rings is 2. The molecular formula is C32H36BrF4N3O7. The molecule has 2 aromatic carbocycles. The highest BCUT2D eigenvalue weighted by Gasteiger charge is 2.34. The molecular weight excluding hydrogens is 694 g/mol. The molecule has 1 heterocycles. The van der Waals surface area contributed by atoms with Gasteiger partial charge in [-0.3, -0.25) is 18.7 Å². The van der Waals surface area contributed by atoms with Gasteiger partial charge in [-0.25, -0.2) is 14.0 Å². The zero-order chi connectivity index (χ0) is 34.9. The van der Waals surface area contributed by atoms with Crippen LogP contribution < -0.4 is 21.3 Å². The average molecular weight is 731 g/mol. The van der Waals surface area contributed by atoms with E-state index in [1.165, 1.54) is 0 Å². The fraction of sp³-hybridized carbons (Fsp3) is 0.438. The van der Waals surface area contributed by atoms with Gasteiger partial charge in [0.25, 0.3) is 5.56 Å². The molecule has 0 radical (unpaired) electrons. The number of carbonyl (C=O) groups excluding carboxylic acids is 2. The van der Waals surface area contributed by atoms with E-state index in [0.717, 1.165) is 27.5 Å². The maximum atomic E-state index is 14.6. The number of para-hydroxylation sites is 1. The summed E-state index contributed by atoms with van der Waals surface area (Å²) in [6, 6.07) is 8.30. The Labute approximate surface area is 276 Å². The number of aromatic nitrogens is 2. The van der Waals surface area contributed by atoms with Gasteiger partial charge in [-0.2, -0.15) is 13.2 Å². The van der Waals surface area contributed by atoms with E-state index in [1.807, 2.05) is 0 Å². The van der Waals surface area contributed by atoms with Gasteiger partial charge in [-0.1, -0.05) is 24.3 Å². The third kappa shape index (κ3) is 10.7. The maximum absolute atomic E-state index is 14.6. The van der Waals surface area contributed by atoms with Crippen LogP contribution in [0.1, 0.15) is 69.7 Å². The lowest BCUT2D eigenvalue weighted by atomic mass is 10.0. The Balaban J connectivity index is 1.95. The maximum Gasteiger partial charge on any atom is 0.416 e. The van der Waals surface area contributed by atoms with Crippen LogP contribution in [0.4, 0.5) is 22.4 Å². The van der Waals surface area contributed by atoms with Gasteiger partial charge in [0, 0.05) is 30.3 Å². The Morgan fingerprint density at radius 2 is 1.74 bits per heavy atom. The van der Waals surface area contributed by atoms with Gasteiger partial charge in [0.15, 0.2) is 0 Å². The lowest BCUT2D eigenvalue weighted by Gasteiger charge is -2.25. The molecule has 0 aliphatic carbocycles. The Morgan fingerprint density at radius 1 is 1.04 bits per heavy atom. The van der Waals surface area contributed by atoms with Crippen LogP contribution in [0.2, 0.25) is 0 Å². The van der Waals surface area contributed by atoms with Crippen molar-refractivity contribution in [1.29, 1.82) is 0 Å². The van der Waals surface area contributed by atoms with E-state index in [4.69, 9.17) is 14.2 Å². The Kier molecular flexibility index (Phi) is 12.8. The number of ether oxygens (including phenoxy) is 3. The number of carbonyl (C=O) groups is 2. The summed E-state index contributed by atoms with van der Waals surface area (Å²) in [5.74, 6) is -1.18. The number of hydrogen-bond donors (Lipinski definition) is 1. The Morgan fingerprint density at radius 3 is 2.40 bits per heavy atom. The topological polar surface area (TPSA) is 118 Å². The smallest absolute Gasteiger partial charge is 0.416 e. The first-order valence-electron chi connectivity index (χ1n) is 14.7. The van der Waals surface area contributed by atoms with E-state index in [9.17, 15) is 36.7 Å². The van der Waals surface area contributed by atoms with E-state index in [0.29, 0.717) is 23.8 Å². The monoisotopic (exact) mass is 729 g/mol. The average Bonchev–Trinajstić information content (AvgIpc) is 2.97. The summed E-state index contributed by atoms with van der Waals surface area (Å²) < 4.78 is 73.2. The van der Waals surface area contributed by atoms with Crippen LogP contribution in [0.25, 0.3) is 0 Å². The van der Waals surface area contributed by atoms with Crippen molar-refractivity contribution >= 4 is 28.0 Å². The minimum absolute atomic E-state index is 0.0679. The van der Waals surface area contributed by atoms with Crippen LogP contribution in [0.5, 0.6) is 5.75 Å². The summed E-state index contributed by atoms with van der Waals surface area (Å²) >= 11 is 3.06. The molecule has 3 aromatic rings. The van der Waals surface area contributed by atoms with Crippen LogP contribution in [0, 0.1) is 5.82 Å². The third-order valence-corrected chi connectivity index (χ3v) is 7.21. The van der Waals surface area contributed by atoms with Crippen LogP contribution >= 0.6 is 15.9 Å². The van der Waals surface area contributed by atoms with Gasteiger partial charge < -0.3 is 19.5 Å². The first kappa shape index (κ1) is 37.3. The molecule has 0 aliphatic heterocycles. The number of halogens is 5. The number of esters is 1. The third-order valence-electron chi connectivity index (χ3n) is 6.66. The second-order valence-electron chi connectivity index (χ2n) is 11.4. The molecule has 1 amide bonds. The molecule has 0 unspecified atom stereocenters. The predicted molar refractivity (Wildman–Crippen MR) is 168 cm³/mol. The van der Waals surface area contributed by atoms with Crippen molar-refractivity contribution in [2.75, 3.05) is 13.2 Å². The molecule has 0 spiro atoms. The lowest BCUT2D eigenvalue weighted by Crippen LogP contribution is -2.42. The van der Waals surface area contributed by atoms with Crippen LogP contribution in [-0.2, 0) is 33.5 Å². The number of alkyl carbamates (subject to hydrolysis) is 1. The predicted octanol–water partition coefficient (Wildman–Crippen LogP) is 6.36. The molecule has 10 nitrogen and oxygen atoms in total. The molecule has 0 aliphatic rings. The quantitative estimate of drug-likeness (QED) is 0.124. The summed E-state index contributed by atoms with van der Waals surface area (Å²) in [5, 5.41) is 2.74. The van der Waals surface area contributed by atoms with Crippen molar-refractivity contribution < 1.29 is 41.4 Å². The van der Waals surface area contributed by atoms with E-state index in [-0.39, 0.29) is 43.0 Å². The van der Waals surface area contributed by atoms with Crippen LogP contribution in [-0.4, -0.2) is 40.0 Å². The summed E-state index contributed by atoms with van der Waals surface area (Å²) in [6.07, 6.45) is -4.27. The van der Waals surface area contributed by atoms with Gasteiger partial charge >= 0.3 is 23.9 Å². The van der Waals surface area contributed by atoms with E-state index >= 15 is 0 Å². The van der Waals surface area contributed by atoms with E-state index in [1.54, 1.807) is 52.0 Å². The summed E-state index contributed by atoms with van der Waals surface area (Å²) in [7, 11) is 0.